The van der Waals surface area contributed by atoms with Crippen molar-refractivity contribution in [1.82, 2.24) is 0 Å². The molecule has 0 aliphatic heterocycles. The lowest BCUT2D eigenvalue weighted by Crippen LogP contribution is -2.00. The molecule has 0 spiro atoms. The molecular formula is C32H50O2. The van der Waals surface area contributed by atoms with Gasteiger partial charge in [-0.1, -0.05) is 115 Å². The van der Waals surface area contributed by atoms with E-state index in [1.165, 1.54) is 63.4 Å². The van der Waals surface area contributed by atoms with Crippen LogP contribution in [-0.2, 0) is 6.42 Å². The quantitative estimate of drug-likeness (QED) is 0.202. The topological polar surface area (TPSA) is 40.5 Å². The van der Waals surface area contributed by atoms with E-state index in [0.717, 1.165) is 46.1 Å². The average Bonchev–Trinajstić information content (AvgIpc) is 2.82. The fourth-order valence-electron chi connectivity index (χ4n) is 5.06. The van der Waals surface area contributed by atoms with Crippen LogP contribution < -0.4 is 0 Å². The molecular weight excluding hydrogens is 416 g/mol. The van der Waals surface area contributed by atoms with Gasteiger partial charge in [-0.25, -0.2) is 0 Å². The van der Waals surface area contributed by atoms with Gasteiger partial charge in [0.2, 0.25) is 0 Å². The number of hydrogen-bond acceptors (Lipinski definition) is 2. The third-order valence-corrected chi connectivity index (χ3v) is 7.94. The highest BCUT2D eigenvalue weighted by Gasteiger charge is 2.15. The summed E-state index contributed by atoms with van der Waals surface area (Å²) >= 11 is 0. The lowest BCUT2D eigenvalue weighted by molar-refractivity contribution is 0.383. The summed E-state index contributed by atoms with van der Waals surface area (Å²) in [4.78, 5) is 0. The van der Waals surface area contributed by atoms with E-state index in [2.05, 4.69) is 40.7 Å². The van der Waals surface area contributed by atoms with E-state index in [1.54, 1.807) is 0 Å². The summed E-state index contributed by atoms with van der Waals surface area (Å²) in [5.41, 5.74) is 2.98. The highest BCUT2D eigenvalue weighted by molar-refractivity contribution is 5.95. The fraction of sp³-hybridized carbons (Fsp3) is 0.625. The van der Waals surface area contributed by atoms with Crippen LogP contribution in [0.15, 0.2) is 35.9 Å². The monoisotopic (exact) mass is 466 g/mol. The summed E-state index contributed by atoms with van der Waals surface area (Å²) in [6.45, 7) is 13.6. The van der Waals surface area contributed by atoms with E-state index in [9.17, 15) is 10.2 Å². The molecule has 3 unspecified atom stereocenters. The van der Waals surface area contributed by atoms with Crippen molar-refractivity contribution >= 4 is 10.8 Å². The Morgan fingerprint density at radius 1 is 0.794 bits per heavy atom. The van der Waals surface area contributed by atoms with Gasteiger partial charge in [0, 0.05) is 16.3 Å². The maximum atomic E-state index is 10.8. The van der Waals surface area contributed by atoms with Crippen LogP contribution in [-0.4, -0.2) is 10.2 Å². The minimum Gasteiger partial charge on any atom is -0.507 e. The van der Waals surface area contributed by atoms with Crippen LogP contribution in [0.3, 0.4) is 0 Å². The van der Waals surface area contributed by atoms with E-state index in [-0.39, 0.29) is 5.75 Å². The molecule has 0 radical (unpaired) electrons. The summed E-state index contributed by atoms with van der Waals surface area (Å²) < 4.78 is 0. The van der Waals surface area contributed by atoms with Crippen molar-refractivity contribution in [3.63, 3.8) is 0 Å². The summed E-state index contributed by atoms with van der Waals surface area (Å²) in [6.07, 6.45) is 16.1. The van der Waals surface area contributed by atoms with Crippen molar-refractivity contribution in [2.75, 3.05) is 0 Å². The molecule has 34 heavy (non-hydrogen) atoms. The van der Waals surface area contributed by atoms with E-state index in [4.69, 9.17) is 0 Å². The number of hydrogen-bond donors (Lipinski definition) is 2. The second-order valence-corrected chi connectivity index (χ2v) is 11.1. The van der Waals surface area contributed by atoms with Gasteiger partial charge >= 0.3 is 0 Å². The first-order valence-corrected chi connectivity index (χ1v) is 13.8. The van der Waals surface area contributed by atoms with Gasteiger partial charge in [-0.2, -0.15) is 0 Å². The van der Waals surface area contributed by atoms with Gasteiger partial charge in [0.25, 0.3) is 0 Å². The van der Waals surface area contributed by atoms with Gasteiger partial charge in [0.05, 0.1) is 0 Å². The number of phenolic OH excluding ortho intramolecular Hbond substituents is 2. The van der Waals surface area contributed by atoms with E-state index >= 15 is 0 Å². The van der Waals surface area contributed by atoms with Crippen molar-refractivity contribution in [2.45, 2.75) is 112 Å². The van der Waals surface area contributed by atoms with Crippen LogP contribution in [0.2, 0.25) is 0 Å². The lowest BCUT2D eigenvalue weighted by atomic mass is 9.91. The molecule has 190 valence electrons. The third kappa shape index (κ3) is 8.67. The van der Waals surface area contributed by atoms with Crippen LogP contribution in [0, 0.1) is 24.7 Å². The van der Waals surface area contributed by atoms with Crippen LogP contribution in [0.25, 0.3) is 10.8 Å². The molecule has 2 N–H and O–H groups in total. The van der Waals surface area contributed by atoms with Crippen molar-refractivity contribution < 1.29 is 10.2 Å². The van der Waals surface area contributed by atoms with Gasteiger partial charge in [-0.3, -0.25) is 0 Å². The minimum absolute atomic E-state index is 0.285. The Morgan fingerprint density at radius 2 is 1.29 bits per heavy atom. The minimum atomic E-state index is 0.285. The Hall–Kier alpha value is -1.96. The van der Waals surface area contributed by atoms with Gasteiger partial charge < -0.3 is 10.2 Å². The number of phenols is 2. The second-order valence-electron chi connectivity index (χ2n) is 11.1. The standard InChI is InChI=1S/C32H50O2/c1-7-23(2)13-10-14-24(3)15-11-16-25(4)17-12-18-26(5)21-22-28-27(6)31(33)29-19-8-9-20-30(29)32(28)34/h8-9,19-21,23-25,33-34H,7,10-18,22H2,1-6H3/b26-21+. The van der Waals surface area contributed by atoms with Crippen molar-refractivity contribution in [3.05, 3.63) is 47.0 Å². The molecule has 2 aromatic rings. The van der Waals surface area contributed by atoms with E-state index in [1.807, 2.05) is 31.2 Å². The van der Waals surface area contributed by atoms with Crippen molar-refractivity contribution in [1.29, 1.82) is 0 Å². The Balaban J connectivity index is 1.72. The number of fused-ring (bicyclic) bond motifs is 1. The molecule has 3 atom stereocenters. The SMILES string of the molecule is CCC(C)CCCC(C)CCCC(C)CCC/C(C)=C/Cc1c(C)c(O)c2ccccc2c1O. The van der Waals surface area contributed by atoms with Crippen molar-refractivity contribution in [3.8, 4) is 11.5 Å². The van der Waals surface area contributed by atoms with Crippen LogP contribution in [0.4, 0.5) is 0 Å². The van der Waals surface area contributed by atoms with Crippen LogP contribution in [0.5, 0.6) is 11.5 Å². The van der Waals surface area contributed by atoms with E-state index in [0.29, 0.717) is 12.2 Å². The summed E-state index contributed by atoms with van der Waals surface area (Å²) in [5, 5.41) is 22.8. The first kappa shape index (κ1) is 28.3. The van der Waals surface area contributed by atoms with Gasteiger partial charge in [0.15, 0.2) is 0 Å². The molecule has 0 fully saturated rings. The molecule has 2 heteroatoms. The number of rotatable bonds is 15. The first-order chi connectivity index (χ1) is 16.2. The Bertz CT molecular complexity index is 911. The molecule has 0 aliphatic rings. The summed E-state index contributed by atoms with van der Waals surface area (Å²) in [7, 11) is 0. The third-order valence-electron chi connectivity index (χ3n) is 7.94. The number of aromatic hydroxyl groups is 2. The highest BCUT2D eigenvalue weighted by atomic mass is 16.3. The zero-order chi connectivity index (χ0) is 25.1. The number of allylic oxidation sites excluding steroid dienone is 2. The maximum Gasteiger partial charge on any atom is 0.127 e. The molecule has 0 saturated heterocycles. The molecule has 0 heterocycles. The Kier molecular flexibility index (Phi) is 12.0. The van der Waals surface area contributed by atoms with Gasteiger partial charge in [-0.15, -0.1) is 0 Å². The predicted octanol–water partition coefficient (Wildman–Crippen LogP) is 9.88. The van der Waals surface area contributed by atoms with Gasteiger partial charge in [-0.05, 0) is 56.4 Å². The van der Waals surface area contributed by atoms with Gasteiger partial charge in [0.1, 0.15) is 11.5 Å². The molecule has 0 saturated carbocycles. The largest absolute Gasteiger partial charge is 0.507 e. The molecule has 0 bridgehead atoms. The van der Waals surface area contributed by atoms with Crippen molar-refractivity contribution in [2.24, 2.45) is 17.8 Å². The average molecular weight is 467 g/mol. The predicted molar refractivity (Wildman–Crippen MR) is 149 cm³/mol. The molecule has 0 amide bonds. The summed E-state index contributed by atoms with van der Waals surface area (Å²) in [6, 6.07) is 7.52. The fourth-order valence-corrected chi connectivity index (χ4v) is 5.06. The molecule has 0 aliphatic carbocycles. The Morgan fingerprint density at radius 3 is 1.85 bits per heavy atom. The smallest absolute Gasteiger partial charge is 0.127 e. The first-order valence-electron chi connectivity index (χ1n) is 13.8. The highest BCUT2D eigenvalue weighted by Crippen LogP contribution is 2.39. The zero-order valence-corrected chi connectivity index (χ0v) is 22.8. The Labute approximate surface area is 209 Å². The second kappa shape index (κ2) is 14.4. The lowest BCUT2D eigenvalue weighted by Gasteiger charge is -2.15. The summed E-state index contributed by atoms with van der Waals surface area (Å²) in [5.74, 6) is 3.14. The normalized spacial score (nSPS) is 14.9. The van der Waals surface area contributed by atoms with Crippen LogP contribution >= 0.6 is 0 Å². The maximum absolute atomic E-state index is 10.8. The van der Waals surface area contributed by atoms with E-state index < -0.39 is 0 Å². The molecule has 2 rings (SSSR count). The zero-order valence-electron chi connectivity index (χ0n) is 22.8. The molecule has 2 aromatic carbocycles. The molecule has 0 aromatic heterocycles. The van der Waals surface area contributed by atoms with Crippen LogP contribution in [0.1, 0.15) is 110 Å². The number of benzene rings is 2. The molecule has 2 nitrogen and oxygen atoms in total.